The van der Waals surface area contributed by atoms with E-state index in [1.807, 2.05) is 0 Å². The van der Waals surface area contributed by atoms with E-state index in [4.69, 9.17) is 5.26 Å². The van der Waals surface area contributed by atoms with Gasteiger partial charge in [-0.3, -0.25) is 0 Å². The van der Waals surface area contributed by atoms with Gasteiger partial charge in [0.1, 0.15) is 6.07 Å². The summed E-state index contributed by atoms with van der Waals surface area (Å²) in [4.78, 5) is 10.9. The van der Waals surface area contributed by atoms with Crippen molar-refractivity contribution in [3.05, 3.63) is 18.1 Å². The van der Waals surface area contributed by atoms with E-state index in [0.717, 1.165) is 12.6 Å². The van der Waals surface area contributed by atoms with Crippen LogP contribution in [0.2, 0.25) is 0 Å². The minimum atomic E-state index is 0.387. The van der Waals surface area contributed by atoms with Gasteiger partial charge < -0.3 is 10.2 Å². The highest BCUT2D eigenvalue weighted by Gasteiger charge is 2.29. The first-order valence-corrected chi connectivity index (χ1v) is 7.56. The van der Waals surface area contributed by atoms with Gasteiger partial charge in [0.15, 0.2) is 11.5 Å². The van der Waals surface area contributed by atoms with Gasteiger partial charge in [-0.05, 0) is 31.7 Å². The number of nitrogens with one attached hydrogen (secondary N) is 1. The highest BCUT2D eigenvalue weighted by molar-refractivity contribution is 5.46. The summed E-state index contributed by atoms with van der Waals surface area (Å²) in [5.74, 6) is 1.28. The molecule has 5 nitrogen and oxygen atoms in total. The number of rotatable bonds is 4. The van der Waals surface area contributed by atoms with Crippen LogP contribution in [-0.2, 0) is 0 Å². The lowest BCUT2D eigenvalue weighted by molar-refractivity contribution is 0.238. The molecule has 0 bridgehead atoms. The van der Waals surface area contributed by atoms with Gasteiger partial charge >= 0.3 is 0 Å². The summed E-state index contributed by atoms with van der Waals surface area (Å²) in [7, 11) is 0. The van der Waals surface area contributed by atoms with E-state index in [1.165, 1.54) is 45.2 Å². The van der Waals surface area contributed by atoms with E-state index < -0.39 is 0 Å². The number of hydrogen-bond acceptors (Lipinski definition) is 5. The number of hydrogen-bond donors (Lipinski definition) is 1. The fraction of sp³-hybridized carbons (Fsp3) is 0.667. The zero-order valence-corrected chi connectivity index (χ0v) is 11.8. The van der Waals surface area contributed by atoms with E-state index >= 15 is 0 Å². The molecule has 1 aromatic heterocycles. The van der Waals surface area contributed by atoms with Crippen LogP contribution in [0.5, 0.6) is 0 Å². The van der Waals surface area contributed by atoms with Crippen LogP contribution in [0.3, 0.4) is 0 Å². The molecule has 2 heterocycles. The van der Waals surface area contributed by atoms with Crippen LogP contribution in [0.25, 0.3) is 0 Å². The third kappa shape index (κ3) is 2.91. The Morgan fingerprint density at radius 3 is 2.85 bits per heavy atom. The Morgan fingerprint density at radius 1 is 1.25 bits per heavy atom. The Kier molecular flexibility index (Phi) is 4.12. The van der Waals surface area contributed by atoms with Crippen molar-refractivity contribution in [3.63, 3.8) is 0 Å². The van der Waals surface area contributed by atoms with Gasteiger partial charge in [0.2, 0.25) is 0 Å². The van der Waals surface area contributed by atoms with Crippen molar-refractivity contribution in [2.75, 3.05) is 25.0 Å². The molecule has 1 atom stereocenters. The quantitative estimate of drug-likeness (QED) is 0.907. The lowest BCUT2D eigenvalue weighted by Gasteiger charge is -2.23. The molecular weight excluding hydrogens is 250 g/mol. The van der Waals surface area contributed by atoms with Crippen molar-refractivity contribution in [3.8, 4) is 6.07 Å². The summed E-state index contributed by atoms with van der Waals surface area (Å²) in [5, 5.41) is 12.3. The lowest BCUT2D eigenvalue weighted by atomic mass is 10.1. The van der Waals surface area contributed by atoms with Crippen molar-refractivity contribution < 1.29 is 0 Å². The van der Waals surface area contributed by atoms with E-state index in [9.17, 15) is 0 Å². The zero-order chi connectivity index (χ0) is 13.8. The maximum atomic E-state index is 9.00. The number of anilines is 1. The third-order valence-electron chi connectivity index (χ3n) is 4.52. The molecule has 1 N–H and O–H groups in total. The first kappa shape index (κ1) is 13.3. The molecule has 1 saturated carbocycles. The van der Waals surface area contributed by atoms with Crippen LogP contribution in [0.1, 0.15) is 37.8 Å². The van der Waals surface area contributed by atoms with Gasteiger partial charge in [0.05, 0.1) is 0 Å². The zero-order valence-electron chi connectivity index (χ0n) is 11.8. The Labute approximate surface area is 120 Å². The smallest absolute Gasteiger partial charge is 0.182 e. The third-order valence-corrected chi connectivity index (χ3v) is 4.52. The second kappa shape index (κ2) is 6.19. The highest BCUT2D eigenvalue weighted by atomic mass is 15.2. The predicted octanol–water partition coefficient (Wildman–Crippen LogP) is 2.02. The lowest BCUT2D eigenvalue weighted by Crippen LogP contribution is -2.31. The highest BCUT2D eigenvalue weighted by Crippen LogP contribution is 2.28. The number of nitriles is 1. The molecule has 1 aliphatic carbocycles. The standard InChI is InChI=1S/C15H21N5/c16-9-14-15(18-7-6-17-14)19-10-12-5-8-20(11-12)13-3-1-2-4-13/h6-7,12-13H,1-5,8,10-11H2,(H,18,19)/t12-/m0/s1. The molecule has 0 amide bonds. The van der Waals surface area contributed by atoms with Gasteiger partial charge in [0, 0.05) is 31.5 Å². The minimum absolute atomic E-state index is 0.387. The van der Waals surface area contributed by atoms with Crippen LogP contribution < -0.4 is 5.32 Å². The maximum Gasteiger partial charge on any atom is 0.182 e. The Balaban J connectivity index is 1.51. The van der Waals surface area contributed by atoms with Crippen LogP contribution >= 0.6 is 0 Å². The van der Waals surface area contributed by atoms with Crippen molar-refractivity contribution >= 4 is 5.82 Å². The number of nitrogens with zero attached hydrogens (tertiary/aromatic N) is 4. The molecule has 3 rings (SSSR count). The van der Waals surface area contributed by atoms with Gasteiger partial charge in [-0.1, -0.05) is 12.8 Å². The maximum absolute atomic E-state index is 9.00. The first-order chi connectivity index (χ1) is 9.86. The second-order valence-electron chi connectivity index (χ2n) is 5.83. The monoisotopic (exact) mass is 271 g/mol. The fourth-order valence-electron chi connectivity index (χ4n) is 3.42. The molecule has 1 aliphatic heterocycles. The normalized spacial score (nSPS) is 23.9. The Hall–Kier alpha value is -1.67. The summed E-state index contributed by atoms with van der Waals surface area (Å²) >= 11 is 0. The van der Waals surface area contributed by atoms with E-state index in [-0.39, 0.29) is 0 Å². The number of likely N-dealkylation sites (tertiary alicyclic amines) is 1. The van der Waals surface area contributed by atoms with Crippen molar-refractivity contribution in [1.29, 1.82) is 5.26 Å². The second-order valence-corrected chi connectivity index (χ2v) is 5.83. The molecule has 1 saturated heterocycles. The molecule has 106 valence electrons. The molecule has 0 aromatic carbocycles. The summed E-state index contributed by atoms with van der Waals surface area (Å²) < 4.78 is 0. The molecular formula is C15H21N5. The topological polar surface area (TPSA) is 64.8 Å². The minimum Gasteiger partial charge on any atom is -0.367 e. The molecule has 0 spiro atoms. The van der Waals surface area contributed by atoms with E-state index in [0.29, 0.717) is 17.4 Å². The van der Waals surface area contributed by atoms with E-state index in [2.05, 4.69) is 26.3 Å². The summed E-state index contributed by atoms with van der Waals surface area (Å²) in [5.41, 5.74) is 0.387. The van der Waals surface area contributed by atoms with Crippen LogP contribution in [0, 0.1) is 17.2 Å². The Bertz CT molecular complexity index is 489. The molecule has 0 unspecified atom stereocenters. The largest absolute Gasteiger partial charge is 0.367 e. The summed E-state index contributed by atoms with van der Waals surface area (Å²) in [6.45, 7) is 3.29. The molecule has 5 heteroatoms. The Morgan fingerprint density at radius 2 is 2.05 bits per heavy atom. The van der Waals surface area contributed by atoms with Gasteiger partial charge in [0.25, 0.3) is 0 Å². The van der Waals surface area contributed by atoms with E-state index in [1.54, 1.807) is 12.4 Å². The summed E-state index contributed by atoms with van der Waals surface area (Å²) in [6.07, 6.45) is 9.98. The SMILES string of the molecule is N#Cc1nccnc1NC[C@@H]1CCN(C2CCCC2)C1. The fourth-order valence-corrected chi connectivity index (χ4v) is 3.42. The molecule has 0 radical (unpaired) electrons. The average molecular weight is 271 g/mol. The van der Waals surface area contributed by atoms with Crippen molar-refractivity contribution in [1.82, 2.24) is 14.9 Å². The van der Waals surface area contributed by atoms with Crippen molar-refractivity contribution in [2.45, 2.75) is 38.1 Å². The molecule has 2 fully saturated rings. The van der Waals surface area contributed by atoms with Crippen LogP contribution in [0.15, 0.2) is 12.4 Å². The molecule has 2 aliphatic rings. The van der Waals surface area contributed by atoms with Crippen LogP contribution in [0.4, 0.5) is 5.82 Å². The predicted molar refractivity (Wildman–Crippen MR) is 77.2 cm³/mol. The number of aromatic nitrogens is 2. The van der Waals surface area contributed by atoms with Gasteiger partial charge in [-0.25, -0.2) is 9.97 Å². The first-order valence-electron chi connectivity index (χ1n) is 7.56. The molecule has 1 aromatic rings. The van der Waals surface area contributed by atoms with Gasteiger partial charge in [-0.15, -0.1) is 0 Å². The average Bonchev–Trinajstić information content (AvgIpc) is 3.16. The van der Waals surface area contributed by atoms with Gasteiger partial charge in [-0.2, -0.15) is 5.26 Å². The van der Waals surface area contributed by atoms with Crippen LogP contribution in [-0.4, -0.2) is 40.5 Å². The van der Waals surface area contributed by atoms with Crippen molar-refractivity contribution in [2.24, 2.45) is 5.92 Å². The summed E-state index contributed by atoms with van der Waals surface area (Å²) in [6, 6.07) is 2.90. The molecule has 20 heavy (non-hydrogen) atoms.